The molecule has 2 aromatic rings. The molecule has 0 fully saturated rings. The Balaban J connectivity index is 2.37. The Morgan fingerprint density at radius 1 is 1.53 bits per heavy atom. The predicted octanol–water partition coefficient (Wildman–Crippen LogP) is 1.34. The molecule has 1 aromatic carbocycles. The van der Waals surface area contributed by atoms with Crippen LogP contribution in [0.5, 0.6) is 0 Å². The first kappa shape index (κ1) is 11.3. The topological polar surface area (TPSA) is 68.0 Å². The summed E-state index contributed by atoms with van der Waals surface area (Å²) in [6, 6.07) is 4.61. The summed E-state index contributed by atoms with van der Waals surface area (Å²) >= 11 is 0. The van der Waals surface area contributed by atoms with E-state index in [1.54, 1.807) is 19.1 Å². The number of aliphatic carboxylic acids is 1. The highest BCUT2D eigenvalue weighted by atomic mass is 19.1. The first-order valence-electron chi connectivity index (χ1n) is 4.96. The Bertz CT molecular complexity index is 566. The van der Waals surface area contributed by atoms with Gasteiger partial charge in [-0.25, -0.2) is 9.07 Å². The number of carboxylic acid groups (broad SMARTS) is 1. The number of carbonyl (C=O) groups is 1. The van der Waals surface area contributed by atoms with Crippen LogP contribution in [0.4, 0.5) is 4.39 Å². The van der Waals surface area contributed by atoms with Crippen LogP contribution in [0.25, 0.3) is 5.69 Å². The molecule has 0 spiro atoms. The van der Waals surface area contributed by atoms with Gasteiger partial charge in [0, 0.05) is 5.56 Å². The van der Waals surface area contributed by atoms with Crippen molar-refractivity contribution in [3.05, 3.63) is 41.5 Å². The minimum Gasteiger partial charge on any atom is -0.481 e. The lowest BCUT2D eigenvalue weighted by atomic mass is 10.2. The lowest BCUT2D eigenvalue weighted by molar-refractivity contribution is -0.136. The van der Waals surface area contributed by atoms with E-state index in [-0.39, 0.29) is 12.2 Å². The molecule has 0 atom stereocenters. The molecule has 0 aliphatic rings. The van der Waals surface area contributed by atoms with Gasteiger partial charge in [0.1, 0.15) is 5.82 Å². The fourth-order valence-corrected chi connectivity index (χ4v) is 1.50. The average Bonchev–Trinajstić information content (AvgIpc) is 2.69. The van der Waals surface area contributed by atoms with Gasteiger partial charge in [0.25, 0.3) is 0 Å². The Labute approximate surface area is 96.5 Å². The zero-order valence-corrected chi connectivity index (χ0v) is 9.09. The molecule has 1 heterocycles. The molecule has 0 bridgehead atoms. The maximum atomic E-state index is 13.3. The van der Waals surface area contributed by atoms with Crippen molar-refractivity contribution in [1.82, 2.24) is 15.0 Å². The van der Waals surface area contributed by atoms with Crippen LogP contribution in [0, 0.1) is 12.7 Å². The van der Waals surface area contributed by atoms with Crippen LogP contribution < -0.4 is 0 Å². The molecule has 0 radical (unpaired) electrons. The summed E-state index contributed by atoms with van der Waals surface area (Å²) in [6.45, 7) is 1.63. The third-order valence-corrected chi connectivity index (χ3v) is 2.36. The summed E-state index contributed by atoms with van der Waals surface area (Å²) in [5.74, 6) is -1.31. The number of nitrogens with zero attached hydrogens (tertiary/aromatic N) is 3. The van der Waals surface area contributed by atoms with Gasteiger partial charge in [-0.1, -0.05) is 11.3 Å². The second-order valence-electron chi connectivity index (χ2n) is 3.61. The summed E-state index contributed by atoms with van der Waals surface area (Å²) in [5.41, 5.74) is 1.33. The molecular weight excluding hydrogens is 225 g/mol. The molecule has 2 rings (SSSR count). The molecule has 0 amide bonds. The van der Waals surface area contributed by atoms with Crippen LogP contribution in [0.15, 0.2) is 24.4 Å². The maximum Gasteiger partial charge on any atom is 0.309 e. The molecular formula is C11H10FN3O2. The van der Waals surface area contributed by atoms with Crippen LogP contribution in [0.2, 0.25) is 0 Å². The van der Waals surface area contributed by atoms with E-state index in [2.05, 4.69) is 10.3 Å². The van der Waals surface area contributed by atoms with Crippen molar-refractivity contribution < 1.29 is 14.3 Å². The first-order chi connectivity index (χ1) is 8.08. The first-order valence-corrected chi connectivity index (χ1v) is 4.96. The van der Waals surface area contributed by atoms with Crippen molar-refractivity contribution in [3.63, 3.8) is 0 Å². The molecule has 0 unspecified atom stereocenters. The van der Waals surface area contributed by atoms with Gasteiger partial charge in [0.05, 0.1) is 24.0 Å². The molecule has 88 valence electrons. The second-order valence-corrected chi connectivity index (χ2v) is 3.61. The zero-order chi connectivity index (χ0) is 12.4. The van der Waals surface area contributed by atoms with E-state index < -0.39 is 5.97 Å². The van der Waals surface area contributed by atoms with Crippen molar-refractivity contribution >= 4 is 5.97 Å². The molecule has 0 saturated carbocycles. The summed E-state index contributed by atoms with van der Waals surface area (Å²) in [4.78, 5) is 10.5. The molecule has 17 heavy (non-hydrogen) atoms. The van der Waals surface area contributed by atoms with E-state index in [1.807, 2.05) is 0 Å². The van der Waals surface area contributed by atoms with Gasteiger partial charge in [0.2, 0.25) is 0 Å². The number of benzene rings is 1. The molecule has 0 aliphatic heterocycles. The van der Waals surface area contributed by atoms with Crippen LogP contribution in [-0.4, -0.2) is 26.1 Å². The van der Waals surface area contributed by atoms with Gasteiger partial charge < -0.3 is 5.11 Å². The Kier molecular flexibility index (Phi) is 2.86. The minimum absolute atomic E-state index is 0.200. The second kappa shape index (κ2) is 4.32. The normalized spacial score (nSPS) is 10.5. The molecule has 5 nitrogen and oxygen atoms in total. The van der Waals surface area contributed by atoms with Crippen LogP contribution >= 0.6 is 0 Å². The quantitative estimate of drug-likeness (QED) is 0.871. The fourth-order valence-electron chi connectivity index (χ4n) is 1.50. The van der Waals surface area contributed by atoms with Crippen molar-refractivity contribution in [2.45, 2.75) is 13.3 Å². The third kappa shape index (κ3) is 2.30. The Hall–Kier alpha value is -2.24. The van der Waals surface area contributed by atoms with E-state index in [0.29, 0.717) is 16.9 Å². The molecule has 0 aliphatic carbocycles. The summed E-state index contributed by atoms with van der Waals surface area (Å²) in [5, 5.41) is 16.1. The van der Waals surface area contributed by atoms with E-state index in [4.69, 9.17) is 5.11 Å². The van der Waals surface area contributed by atoms with Gasteiger partial charge in [-0.15, -0.1) is 5.10 Å². The zero-order valence-electron chi connectivity index (χ0n) is 9.09. The lowest BCUT2D eigenvalue weighted by Crippen LogP contribution is -2.00. The number of rotatable bonds is 3. The Morgan fingerprint density at radius 3 is 3.00 bits per heavy atom. The predicted molar refractivity (Wildman–Crippen MR) is 57.4 cm³/mol. The maximum absolute atomic E-state index is 13.3. The lowest BCUT2D eigenvalue weighted by Gasteiger charge is -2.04. The SMILES string of the molecule is Cc1c(F)cccc1-n1cc(CC(=O)O)nn1. The highest BCUT2D eigenvalue weighted by Crippen LogP contribution is 2.16. The van der Waals surface area contributed by atoms with Crippen molar-refractivity contribution in [3.8, 4) is 5.69 Å². The summed E-state index contributed by atoms with van der Waals surface area (Å²) < 4.78 is 14.7. The highest BCUT2D eigenvalue weighted by Gasteiger charge is 2.09. The highest BCUT2D eigenvalue weighted by molar-refractivity contribution is 5.69. The van der Waals surface area contributed by atoms with Crippen molar-refractivity contribution in [1.29, 1.82) is 0 Å². The Morgan fingerprint density at radius 2 is 2.29 bits per heavy atom. The van der Waals surface area contributed by atoms with E-state index in [0.717, 1.165) is 0 Å². The third-order valence-electron chi connectivity index (χ3n) is 2.36. The van der Waals surface area contributed by atoms with Crippen LogP contribution in [0.3, 0.4) is 0 Å². The van der Waals surface area contributed by atoms with Crippen LogP contribution in [0.1, 0.15) is 11.3 Å². The van der Waals surface area contributed by atoms with Gasteiger partial charge >= 0.3 is 5.97 Å². The number of hydrogen-bond acceptors (Lipinski definition) is 3. The molecule has 1 N–H and O–H groups in total. The minimum atomic E-state index is -0.979. The molecule has 6 heteroatoms. The van der Waals surface area contributed by atoms with Crippen LogP contribution in [-0.2, 0) is 11.2 Å². The summed E-state index contributed by atoms with van der Waals surface area (Å²) in [6.07, 6.45) is 1.28. The number of halogens is 1. The van der Waals surface area contributed by atoms with E-state index >= 15 is 0 Å². The average molecular weight is 235 g/mol. The molecule has 1 aromatic heterocycles. The smallest absolute Gasteiger partial charge is 0.309 e. The van der Waals surface area contributed by atoms with Crippen molar-refractivity contribution in [2.24, 2.45) is 0 Å². The van der Waals surface area contributed by atoms with E-state index in [9.17, 15) is 9.18 Å². The summed E-state index contributed by atoms with van der Waals surface area (Å²) in [7, 11) is 0. The van der Waals surface area contributed by atoms with E-state index in [1.165, 1.54) is 16.9 Å². The van der Waals surface area contributed by atoms with Gasteiger partial charge in [0.15, 0.2) is 0 Å². The fraction of sp³-hybridized carbons (Fsp3) is 0.182. The number of hydrogen-bond donors (Lipinski definition) is 1. The monoisotopic (exact) mass is 235 g/mol. The largest absolute Gasteiger partial charge is 0.481 e. The van der Waals surface area contributed by atoms with Crippen molar-refractivity contribution in [2.75, 3.05) is 0 Å². The van der Waals surface area contributed by atoms with Gasteiger partial charge in [-0.2, -0.15) is 0 Å². The van der Waals surface area contributed by atoms with Gasteiger partial charge in [-0.05, 0) is 19.1 Å². The number of aromatic nitrogens is 3. The van der Waals surface area contributed by atoms with Gasteiger partial charge in [-0.3, -0.25) is 4.79 Å². The standard InChI is InChI=1S/C11H10FN3O2/c1-7-9(12)3-2-4-10(7)15-6-8(13-14-15)5-11(16)17/h2-4,6H,5H2,1H3,(H,16,17). The number of carboxylic acids is 1. The molecule has 0 saturated heterocycles.